The second-order valence-corrected chi connectivity index (χ2v) is 5.74. The minimum absolute atomic E-state index is 0.965. The Morgan fingerprint density at radius 1 is 1.00 bits per heavy atom. The van der Waals surface area contributed by atoms with Crippen LogP contribution in [0.3, 0.4) is 0 Å². The summed E-state index contributed by atoms with van der Waals surface area (Å²) in [4.78, 5) is 0. The maximum atomic E-state index is 2.36. The van der Waals surface area contributed by atoms with Crippen LogP contribution in [0, 0.1) is 0 Å². The quantitative estimate of drug-likeness (QED) is 0.560. The molecular formula is C7H18P2. The minimum Gasteiger partial charge on any atom is -0.122 e. The number of rotatable bonds is 4. The van der Waals surface area contributed by atoms with Gasteiger partial charge < -0.3 is 0 Å². The topological polar surface area (TPSA) is 0 Å². The van der Waals surface area contributed by atoms with Crippen LogP contribution >= 0.6 is 17.2 Å². The molecule has 0 nitrogen and oxygen atoms in total. The summed E-state index contributed by atoms with van der Waals surface area (Å²) in [5.74, 6) is 0. The van der Waals surface area contributed by atoms with Crippen molar-refractivity contribution in [2.75, 3.05) is 13.3 Å². The molecule has 2 unspecified atom stereocenters. The average molecular weight is 164 g/mol. The van der Waals surface area contributed by atoms with E-state index in [9.17, 15) is 0 Å². The van der Waals surface area contributed by atoms with Crippen molar-refractivity contribution in [3.63, 3.8) is 0 Å². The summed E-state index contributed by atoms with van der Waals surface area (Å²) in [5, 5.41) is 0. The Morgan fingerprint density at radius 2 is 1.33 bits per heavy atom. The fourth-order valence-electron chi connectivity index (χ4n) is 0.766. The average Bonchev–Trinajstić information content (AvgIpc) is 1.87. The van der Waals surface area contributed by atoms with Crippen LogP contribution in [0.4, 0.5) is 0 Å². The number of hydrogen-bond donors (Lipinski definition) is 0. The van der Waals surface area contributed by atoms with Gasteiger partial charge in [0.15, 0.2) is 0 Å². The molecule has 0 aromatic rings. The van der Waals surface area contributed by atoms with Gasteiger partial charge in [-0.15, -0.1) is 17.2 Å². The van der Waals surface area contributed by atoms with E-state index in [-0.39, 0.29) is 0 Å². The Hall–Kier alpha value is 0.860. The van der Waals surface area contributed by atoms with Gasteiger partial charge in [-0.25, -0.2) is 0 Å². The van der Waals surface area contributed by atoms with Gasteiger partial charge in [-0.1, -0.05) is 13.8 Å². The Morgan fingerprint density at radius 3 is 1.56 bits per heavy atom. The first kappa shape index (κ1) is 9.86. The molecule has 0 amide bonds. The molecule has 0 aliphatic rings. The summed E-state index contributed by atoms with van der Waals surface area (Å²) in [5.41, 5.74) is 1.93. The maximum absolute atomic E-state index is 2.36. The third-order valence-electron chi connectivity index (χ3n) is 1.69. The molecule has 0 saturated heterocycles. The van der Waals surface area contributed by atoms with Crippen LogP contribution in [0.1, 0.15) is 20.3 Å². The molecular weight excluding hydrogens is 146 g/mol. The molecule has 0 spiro atoms. The molecule has 56 valence electrons. The second-order valence-electron chi connectivity index (χ2n) is 2.62. The van der Waals surface area contributed by atoms with Gasteiger partial charge in [0.1, 0.15) is 0 Å². The molecule has 0 N–H and O–H groups in total. The van der Waals surface area contributed by atoms with E-state index >= 15 is 0 Å². The number of hydrogen-bond acceptors (Lipinski definition) is 0. The fraction of sp³-hybridized carbons (Fsp3) is 1.00. The van der Waals surface area contributed by atoms with Crippen LogP contribution in [0.2, 0.25) is 0 Å². The molecule has 2 heteroatoms. The van der Waals surface area contributed by atoms with Gasteiger partial charge in [0.05, 0.1) is 0 Å². The standard InChI is InChI=1S/C7H18P2/c1-6(8-3)5-7(2)9-4/h6-9H,5H2,1-4H3/t6-,7-/m1/s1. The van der Waals surface area contributed by atoms with Crippen molar-refractivity contribution in [1.82, 2.24) is 0 Å². The molecule has 0 saturated carbocycles. The zero-order valence-electron chi connectivity index (χ0n) is 6.86. The van der Waals surface area contributed by atoms with E-state index in [2.05, 4.69) is 27.2 Å². The molecule has 0 rings (SSSR count). The van der Waals surface area contributed by atoms with Crippen molar-refractivity contribution >= 4 is 17.2 Å². The molecule has 0 aromatic heterocycles. The van der Waals surface area contributed by atoms with Crippen LogP contribution in [0.15, 0.2) is 0 Å². The van der Waals surface area contributed by atoms with Crippen molar-refractivity contribution in [3.8, 4) is 0 Å². The Labute approximate surface area is 62.8 Å². The van der Waals surface area contributed by atoms with Gasteiger partial charge in [0.2, 0.25) is 0 Å². The largest absolute Gasteiger partial charge is 0.122 e. The van der Waals surface area contributed by atoms with E-state index in [0.29, 0.717) is 0 Å². The van der Waals surface area contributed by atoms with E-state index in [0.717, 1.165) is 28.5 Å². The first-order chi connectivity index (χ1) is 4.20. The van der Waals surface area contributed by atoms with E-state index in [1.54, 1.807) is 0 Å². The summed E-state index contributed by atoms with van der Waals surface area (Å²) in [7, 11) is 2.26. The van der Waals surface area contributed by atoms with Crippen molar-refractivity contribution < 1.29 is 0 Å². The highest BCUT2D eigenvalue weighted by Gasteiger charge is 2.03. The van der Waals surface area contributed by atoms with Gasteiger partial charge in [-0.3, -0.25) is 0 Å². The zero-order chi connectivity index (χ0) is 7.28. The lowest BCUT2D eigenvalue weighted by Gasteiger charge is -2.12. The van der Waals surface area contributed by atoms with Gasteiger partial charge in [0.25, 0.3) is 0 Å². The van der Waals surface area contributed by atoms with E-state index in [1.165, 1.54) is 6.42 Å². The molecule has 0 aliphatic carbocycles. The summed E-state index contributed by atoms with van der Waals surface area (Å²) in [6.07, 6.45) is 1.43. The monoisotopic (exact) mass is 164 g/mol. The molecule has 9 heavy (non-hydrogen) atoms. The summed E-state index contributed by atoms with van der Waals surface area (Å²) in [6, 6.07) is 0. The van der Waals surface area contributed by atoms with Crippen molar-refractivity contribution in [3.05, 3.63) is 0 Å². The Bertz CT molecular complexity index is 55.9. The fourth-order valence-corrected chi connectivity index (χ4v) is 2.18. The summed E-state index contributed by atoms with van der Waals surface area (Å²) in [6.45, 7) is 9.32. The van der Waals surface area contributed by atoms with Gasteiger partial charge >= 0.3 is 0 Å². The molecule has 0 fully saturated rings. The third-order valence-corrected chi connectivity index (χ3v) is 4.14. The van der Waals surface area contributed by atoms with Crippen molar-refractivity contribution in [2.24, 2.45) is 0 Å². The lowest BCUT2D eigenvalue weighted by Crippen LogP contribution is -2.02. The van der Waals surface area contributed by atoms with Crippen LogP contribution in [0.5, 0.6) is 0 Å². The van der Waals surface area contributed by atoms with Gasteiger partial charge in [-0.05, 0) is 31.1 Å². The van der Waals surface area contributed by atoms with Crippen LogP contribution in [-0.4, -0.2) is 24.6 Å². The molecule has 0 bridgehead atoms. The molecule has 0 radical (unpaired) electrons. The van der Waals surface area contributed by atoms with Crippen LogP contribution < -0.4 is 0 Å². The van der Waals surface area contributed by atoms with Crippen LogP contribution in [-0.2, 0) is 0 Å². The Balaban J connectivity index is 3.22. The first-order valence-electron chi connectivity index (χ1n) is 3.55. The smallest absolute Gasteiger partial charge is 0.0262 e. The van der Waals surface area contributed by atoms with E-state index < -0.39 is 0 Å². The normalized spacial score (nSPS) is 20.0. The van der Waals surface area contributed by atoms with Gasteiger partial charge in [0, 0.05) is 0 Å². The van der Waals surface area contributed by atoms with Crippen molar-refractivity contribution in [2.45, 2.75) is 31.6 Å². The predicted octanol–water partition coefficient (Wildman–Crippen LogP) is 2.77. The molecule has 4 atom stereocenters. The Kier molecular flexibility index (Phi) is 6.17. The van der Waals surface area contributed by atoms with E-state index in [1.807, 2.05) is 0 Å². The summed E-state index contributed by atoms with van der Waals surface area (Å²) < 4.78 is 0. The first-order valence-corrected chi connectivity index (χ1v) is 6.70. The van der Waals surface area contributed by atoms with Gasteiger partial charge in [-0.2, -0.15) is 0 Å². The predicted molar refractivity (Wildman–Crippen MR) is 52.0 cm³/mol. The maximum Gasteiger partial charge on any atom is -0.0262 e. The minimum atomic E-state index is 0.965. The highest BCUT2D eigenvalue weighted by atomic mass is 31.1. The molecule has 0 aliphatic heterocycles. The van der Waals surface area contributed by atoms with E-state index in [4.69, 9.17) is 0 Å². The highest BCUT2D eigenvalue weighted by Crippen LogP contribution is 2.25. The lowest BCUT2D eigenvalue weighted by atomic mass is 10.3. The zero-order valence-corrected chi connectivity index (χ0v) is 8.86. The third kappa shape index (κ3) is 5.31. The molecule has 0 aromatic carbocycles. The summed E-state index contributed by atoms with van der Waals surface area (Å²) >= 11 is 0. The second kappa shape index (κ2) is 5.63. The molecule has 0 heterocycles. The highest BCUT2D eigenvalue weighted by molar-refractivity contribution is 7.39. The SMILES string of the molecule is CP[C@H](C)C[C@@H](C)PC. The van der Waals surface area contributed by atoms with Crippen LogP contribution in [0.25, 0.3) is 0 Å². The van der Waals surface area contributed by atoms with Crippen molar-refractivity contribution in [1.29, 1.82) is 0 Å². The lowest BCUT2D eigenvalue weighted by molar-refractivity contribution is 0.797.